The van der Waals surface area contributed by atoms with Crippen LogP contribution < -0.4 is 10.6 Å². The van der Waals surface area contributed by atoms with Crippen LogP contribution in [0, 0.1) is 11.6 Å². The van der Waals surface area contributed by atoms with Gasteiger partial charge in [0, 0.05) is 36.1 Å². The monoisotopic (exact) mass is 336 g/mol. The van der Waals surface area contributed by atoms with E-state index in [-0.39, 0.29) is 29.9 Å². The molecule has 1 aromatic carbocycles. The van der Waals surface area contributed by atoms with Gasteiger partial charge in [0.25, 0.3) is 0 Å². The average molecular weight is 337 g/mol. The number of thioether (sulfide) groups is 1. The number of carbonyl (C=O) groups excluding carboxylic acids is 1. The zero-order chi connectivity index (χ0) is 14.5. The minimum atomic E-state index is -0.681. The minimum absolute atomic E-state index is 0. The van der Waals surface area contributed by atoms with Crippen molar-refractivity contribution < 1.29 is 13.6 Å². The lowest BCUT2D eigenvalue weighted by Crippen LogP contribution is -2.41. The van der Waals surface area contributed by atoms with E-state index in [0.717, 1.165) is 18.1 Å². The quantitative estimate of drug-likeness (QED) is 0.888. The molecule has 2 atom stereocenters. The van der Waals surface area contributed by atoms with E-state index < -0.39 is 17.7 Å². The summed E-state index contributed by atoms with van der Waals surface area (Å²) in [6.45, 7) is 2.47. The van der Waals surface area contributed by atoms with Gasteiger partial charge in [-0.3, -0.25) is 4.79 Å². The van der Waals surface area contributed by atoms with E-state index in [0.29, 0.717) is 6.42 Å². The fraction of sp³-hybridized carbons (Fsp3) is 0.500. The molecule has 0 radical (unpaired) electrons. The van der Waals surface area contributed by atoms with E-state index in [4.69, 9.17) is 0 Å². The summed E-state index contributed by atoms with van der Waals surface area (Å²) in [5.74, 6) is 0.471. The van der Waals surface area contributed by atoms with Crippen molar-refractivity contribution in [2.24, 2.45) is 0 Å². The fourth-order valence-electron chi connectivity index (χ4n) is 2.27. The fourth-order valence-corrected chi connectivity index (χ4v) is 3.22. The van der Waals surface area contributed by atoms with Crippen molar-refractivity contribution in [2.75, 3.05) is 18.1 Å². The summed E-state index contributed by atoms with van der Waals surface area (Å²) in [4.78, 5) is 11.9. The molecule has 3 nitrogen and oxygen atoms in total. The van der Waals surface area contributed by atoms with Crippen LogP contribution in [0.2, 0.25) is 0 Å². The minimum Gasteiger partial charge on any atom is -0.349 e. The van der Waals surface area contributed by atoms with Gasteiger partial charge in [-0.1, -0.05) is 6.07 Å². The predicted molar refractivity (Wildman–Crippen MR) is 83.9 cm³/mol. The molecule has 21 heavy (non-hydrogen) atoms. The standard InChI is InChI=1S/C14H18F2N2OS.ClH/c1-9(14-11(15)3-2-4-12(14)16)18-13(19)7-10-8-20-6-5-17-10;/h2-4,9-10,17H,5-8H2,1H3,(H,18,19);1H. The molecule has 1 aromatic rings. The molecule has 1 aliphatic heterocycles. The van der Waals surface area contributed by atoms with Crippen LogP contribution >= 0.6 is 24.2 Å². The van der Waals surface area contributed by atoms with Crippen molar-refractivity contribution >= 4 is 30.1 Å². The lowest BCUT2D eigenvalue weighted by atomic mass is 10.1. The van der Waals surface area contributed by atoms with Gasteiger partial charge < -0.3 is 10.6 Å². The van der Waals surface area contributed by atoms with Gasteiger partial charge in [-0.05, 0) is 19.1 Å². The molecule has 0 saturated carbocycles. The summed E-state index contributed by atoms with van der Waals surface area (Å²) in [7, 11) is 0. The highest BCUT2D eigenvalue weighted by molar-refractivity contribution is 7.99. The lowest BCUT2D eigenvalue weighted by molar-refractivity contribution is -0.122. The Morgan fingerprint density at radius 1 is 1.48 bits per heavy atom. The largest absolute Gasteiger partial charge is 0.349 e. The molecule has 7 heteroatoms. The van der Waals surface area contributed by atoms with Gasteiger partial charge in [-0.25, -0.2) is 8.78 Å². The second kappa shape index (κ2) is 8.56. The third-order valence-electron chi connectivity index (χ3n) is 3.24. The van der Waals surface area contributed by atoms with E-state index in [1.807, 2.05) is 0 Å². The van der Waals surface area contributed by atoms with E-state index >= 15 is 0 Å². The van der Waals surface area contributed by atoms with Crippen molar-refractivity contribution in [1.82, 2.24) is 10.6 Å². The van der Waals surface area contributed by atoms with Crippen LogP contribution in [0.1, 0.15) is 24.9 Å². The topological polar surface area (TPSA) is 41.1 Å². The molecule has 2 unspecified atom stereocenters. The van der Waals surface area contributed by atoms with Crippen LogP contribution in [0.15, 0.2) is 18.2 Å². The SMILES string of the molecule is CC(NC(=O)CC1CSCCN1)c1c(F)cccc1F.Cl. The summed E-state index contributed by atoms with van der Waals surface area (Å²) < 4.78 is 27.2. The Morgan fingerprint density at radius 3 is 2.71 bits per heavy atom. The Hall–Kier alpha value is -0.850. The van der Waals surface area contributed by atoms with Crippen LogP contribution in [-0.4, -0.2) is 30.0 Å². The van der Waals surface area contributed by atoms with Crippen LogP contribution in [0.5, 0.6) is 0 Å². The van der Waals surface area contributed by atoms with Crippen LogP contribution in [-0.2, 0) is 4.79 Å². The number of halogens is 3. The van der Waals surface area contributed by atoms with Crippen LogP contribution in [0.3, 0.4) is 0 Å². The van der Waals surface area contributed by atoms with E-state index in [1.54, 1.807) is 18.7 Å². The zero-order valence-corrected chi connectivity index (χ0v) is 13.3. The van der Waals surface area contributed by atoms with Crippen LogP contribution in [0.4, 0.5) is 8.78 Å². The Morgan fingerprint density at radius 2 is 2.14 bits per heavy atom. The molecule has 0 aromatic heterocycles. The Labute approximate surface area is 133 Å². The van der Waals surface area contributed by atoms with Gasteiger partial charge in [-0.2, -0.15) is 11.8 Å². The average Bonchev–Trinajstić information content (AvgIpc) is 2.39. The molecular weight excluding hydrogens is 318 g/mol. The molecule has 1 saturated heterocycles. The predicted octanol–water partition coefficient (Wildman–Crippen LogP) is 2.66. The number of hydrogen-bond donors (Lipinski definition) is 2. The van der Waals surface area contributed by atoms with Gasteiger partial charge in [0.2, 0.25) is 5.91 Å². The second-order valence-electron chi connectivity index (χ2n) is 4.85. The Balaban J connectivity index is 0.00000220. The summed E-state index contributed by atoms with van der Waals surface area (Å²) in [6, 6.07) is 3.15. The first-order chi connectivity index (χ1) is 9.58. The highest BCUT2D eigenvalue weighted by atomic mass is 35.5. The maximum absolute atomic E-state index is 13.6. The zero-order valence-electron chi connectivity index (χ0n) is 11.7. The summed E-state index contributed by atoms with van der Waals surface area (Å²) in [5.41, 5.74) is -0.0909. The number of benzene rings is 1. The molecule has 1 heterocycles. The van der Waals surface area contributed by atoms with E-state index in [2.05, 4.69) is 10.6 Å². The number of carbonyl (C=O) groups is 1. The van der Waals surface area contributed by atoms with Crippen molar-refractivity contribution in [2.45, 2.75) is 25.4 Å². The second-order valence-corrected chi connectivity index (χ2v) is 6.00. The van der Waals surface area contributed by atoms with Crippen molar-refractivity contribution in [3.63, 3.8) is 0 Å². The number of nitrogens with one attached hydrogen (secondary N) is 2. The Bertz CT molecular complexity index is 464. The smallest absolute Gasteiger partial charge is 0.222 e. The normalized spacial score (nSPS) is 19.5. The molecule has 1 amide bonds. The molecular formula is C14H19ClF2N2OS. The summed E-state index contributed by atoms with van der Waals surface area (Å²) in [6.07, 6.45) is 0.327. The first-order valence-corrected chi connectivity index (χ1v) is 7.78. The maximum atomic E-state index is 13.6. The molecule has 1 fully saturated rings. The Kier molecular flexibility index (Phi) is 7.42. The van der Waals surface area contributed by atoms with E-state index in [1.165, 1.54) is 18.2 Å². The third kappa shape index (κ3) is 5.13. The van der Waals surface area contributed by atoms with Crippen molar-refractivity contribution in [3.05, 3.63) is 35.4 Å². The van der Waals surface area contributed by atoms with Gasteiger partial charge >= 0.3 is 0 Å². The number of amides is 1. The highest BCUT2D eigenvalue weighted by Gasteiger charge is 2.21. The maximum Gasteiger partial charge on any atom is 0.222 e. The van der Waals surface area contributed by atoms with Gasteiger partial charge in [0.05, 0.1) is 6.04 Å². The molecule has 118 valence electrons. The molecule has 1 aliphatic rings. The number of hydrogen-bond acceptors (Lipinski definition) is 3. The third-order valence-corrected chi connectivity index (χ3v) is 4.37. The van der Waals surface area contributed by atoms with Crippen LogP contribution in [0.25, 0.3) is 0 Å². The highest BCUT2D eigenvalue weighted by Crippen LogP contribution is 2.20. The summed E-state index contributed by atoms with van der Waals surface area (Å²) in [5, 5.41) is 5.91. The molecule has 0 aliphatic carbocycles. The molecule has 2 rings (SSSR count). The van der Waals surface area contributed by atoms with Crippen molar-refractivity contribution in [3.8, 4) is 0 Å². The van der Waals surface area contributed by atoms with Gasteiger partial charge in [-0.15, -0.1) is 12.4 Å². The summed E-state index contributed by atoms with van der Waals surface area (Å²) >= 11 is 1.80. The first kappa shape index (κ1) is 18.2. The molecule has 0 bridgehead atoms. The van der Waals surface area contributed by atoms with E-state index in [9.17, 15) is 13.6 Å². The van der Waals surface area contributed by atoms with Crippen molar-refractivity contribution in [1.29, 1.82) is 0 Å². The molecule has 2 N–H and O–H groups in total. The lowest BCUT2D eigenvalue weighted by Gasteiger charge is -2.23. The van der Waals surface area contributed by atoms with Gasteiger partial charge in [0.15, 0.2) is 0 Å². The first-order valence-electron chi connectivity index (χ1n) is 6.62. The number of rotatable bonds is 4. The van der Waals surface area contributed by atoms with Gasteiger partial charge in [0.1, 0.15) is 11.6 Å². The molecule has 0 spiro atoms.